The van der Waals surface area contributed by atoms with Gasteiger partial charge in [-0.1, -0.05) is 30.3 Å². The molecule has 2 heterocycles. The van der Waals surface area contributed by atoms with E-state index in [9.17, 15) is 14.9 Å². The number of nitrogens with one attached hydrogen (secondary N) is 1. The number of rotatable bonds is 6. The van der Waals surface area contributed by atoms with Crippen molar-refractivity contribution in [3.05, 3.63) is 58.6 Å². The highest BCUT2D eigenvalue weighted by atomic mass is 16.5. The van der Waals surface area contributed by atoms with Gasteiger partial charge in [-0.15, -0.1) is 0 Å². The standard InChI is InChI=1S/C23H24N4O4/c1-27-18-12-16(8-9-19(18)31-23(27)29)15-6-4-14(5-7-15)11-17(13-24)26-22(28)21(25)20-3-2-10-30-20/h4-9,12,17,20-21H,2-3,10-11,25H2,1H3,(H,26,28)/t17-,20-,21+/m0/s1. The zero-order valence-corrected chi connectivity index (χ0v) is 17.2. The SMILES string of the molecule is Cn1c(=O)oc2ccc(-c3ccc(C[C@@H](C#N)NC(=O)[C@H](N)[C@@H]4CCCO4)cc3)cc21. The molecule has 0 bridgehead atoms. The van der Waals surface area contributed by atoms with Crippen LogP contribution in [-0.4, -0.2) is 35.3 Å². The van der Waals surface area contributed by atoms with E-state index < -0.39 is 17.8 Å². The third kappa shape index (κ3) is 4.38. The zero-order chi connectivity index (χ0) is 22.0. The first-order valence-electron chi connectivity index (χ1n) is 10.2. The molecule has 31 heavy (non-hydrogen) atoms. The monoisotopic (exact) mass is 420 g/mol. The minimum absolute atomic E-state index is 0.286. The largest absolute Gasteiger partial charge is 0.419 e. The van der Waals surface area contributed by atoms with E-state index in [4.69, 9.17) is 14.9 Å². The van der Waals surface area contributed by atoms with Gasteiger partial charge in [0.25, 0.3) is 0 Å². The molecular weight excluding hydrogens is 396 g/mol. The van der Waals surface area contributed by atoms with Crippen molar-refractivity contribution in [2.45, 2.75) is 37.5 Å². The van der Waals surface area contributed by atoms with E-state index in [1.165, 1.54) is 4.57 Å². The van der Waals surface area contributed by atoms with Crippen molar-refractivity contribution < 1.29 is 13.9 Å². The highest BCUT2D eigenvalue weighted by Gasteiger charge is 2.29. The fourth-order valence-electron chi connectivity index (χ4n) is 3.83. The quantitative estimate of drug-likeness (QED) is 0.627. The first kappa shape index (κ1) is 20.8. The lowest BCUT2D eigenvalue weighted by Gasteiger charge is -2.20. The van der Waals surface area contributed by atoms with Crippen LogP contribution in [-0.2, 0) is 23.0 Å². The normalized spacial score (nSPS) is 17.9. The Balaban J connectivity index is 1.43. The van der Waals surface area contributed by atoms with Crippen LogP contribution < -0.4 is 16.8 Å². The molecule has 1 fully saturated rings. The second-order valence-electron chi connectivity index (χ2n) is 7.78. The molecule has 0 unspecified atom stereocenters. The van der Waals surface area contributed by atoms with Gasteiger partial charge in [0.15, 0.2) is 5.58 Å². The molecule has 1 saturated heterocycles. The van der Waals surface area contributed by atoms with E-state index in [0.29, 0.717) is 18.6 Å². The van der Waals surface area contributed by atoms with Gasteiger partial charge in [0, 0.05) is 20.1 Å². The molecule has 3 N–H and O–H groups in total. The minimum Gasteiger partial charge on any atom is -0.408 e. The summed E-state index contributed by atoms with van der Waals surface area (Å²) in [5, 5.41) is 12.2. The smallest absolute Gasteiger partial charge is 0.408 e. The van der Waals surface area contributed by atoms with Crippen LogP contribution in [0.5, 0.6) is 0 Å². The summed E-state index contributed by atoms with van der Waals surface area (Å²) >= 11 is 0. The van der Waals surface area contributed by atoms with Crippen LogP contribution in [0, 0.1) is 11.3 Å². The highest BCUT2D eigenvalue weighted by molar-refractivity contribution is 5.83. The number of nitriles is 1. The Morgan fingerprint density at radius 1 is 1.29 bits per heavy atom. The number of benzene rings is 2. The number of aromatic nitrogens is 1. The van der Waals surface area contributed by atoms with Crippen LogP contribution >= 0.6 is 0 Å². The van der Waals surface area contributed by atoms with Gasteiger partial charge in [0.2, 0.25) is 5.91 Å². The van der Waals surface area contributed by atoms with Crippen molar-refractivity contribution >= 4 is 17.0 Å². The van der Waals surface area contributed by atoms with Crippen molar-refractivity contribution in [3.8, 4) is 17.2 Å². The first-order valence-corrected chi connectivity index (χ1v) is 10.2. The summed E-state index contributed by atoms with van der Waals surface area (Å²) in [7, 11) is 1.67. The summed E-state index contributed by atoms with van der Waals surface area (Å²) in [6, 6.07) is 14.0. The lowest BCUT2D eigenvalue weighted by Crippen LogP contribution is -2.51. The number of carbonyl (C=O) groups excluding carboxylic acids is 1. The summed E-state index contributed by atoms with van der Waals surface area (Å²) in [6.07, 6.45) is 1.73. The second-order valence-corrected chi connectivity index (χ2v) is 7.78. The molecule has 8 nitrogen and oxygen atoms in total. The summed E-state index contributed by atoms with van der Waals surface area (Å²) in [5.41, 5.74) is 10.1. The molecule has 1 aliphatic rings. The number of carbonyl (C=O) groups is 1. The van der Waals surface area contributed by atoms with Gasteiger partial charge in [-0.25, -0.2) is 4.79 Å². The Morgan fingerprint density at radius 2 is 2.03 bits per heavy atom. The molecular formula is C23H24N4O4. The summed E-state index contributed by atoms with van der Waals surface area (Å²) in [6.45, 7) is 0.615. The molecule has 4 rings (SSSR count). The molecule has 3 aromatic rings. The van der Waals surface area contributed by atoms with Gasteiger partial charge in [0.1, 0.15) is 12.1 Å². The molecule has 160 valence electrons. The Kier molecular flexibility index (Phi) is 5.89. The molecule has 8 heteroatoms. The molecule has 2 aromatic carbocycles. The van der Waals surface area contributed by atoms with Crippen LogP contribution in [0.25, 0.3) is 22.2 Å². The molecule has 1 amide bonds. The molecule has 0 radical (unpaired) electrons. The number of hydrogen-bond donors (Lipinski definition) is 2. The van der Waals surface area contributed by atoms with E-state index in [0.717, 1.165) is 35.0 Å². The number of fused-ring (bicyclic) bond motifs is 1. The minimum atomic E-state index is -0.769. The molecule has 0 spiro atoms. The number of oxazole rings is 1. The number of hydrogen-bond acceptors (Lipinski definition) is 6. The zero-order valence-electron chi connectivity index (χ0n) is 17.2. The molecule has 0 saturated carbocycles. The summed E-state index contributed by atoms with van der Waals surface area (Å²) in [5.74, 6) is -0.764. The Bertz CT molecular complexity index is 1180. The van der Waals surface area contributed by atoms with E-state index in [1.807, 2.05) is 36.4 Å². The van der Waals surface area contributed by atoms with Crippen molar-refractivity contribution in [2.75, 3.05) is 6.61 Å². The van der Waals surface area contributed by atoms with Crippen molar-refractivity contribution in [3.63, 3.8) is 0 Å². The average molecular weight is 420 g/mol. The second kappa shape index (κ2) is 8.76. The fraction of sp³-hybridized carbons (Fsp3) is 0.348. The number of amides is 1. The van der Waals surface area contributed by atoms with Crippen molar-refractivity contribution in [1.29, 1.82) is 5.26 Å². The molecule has 1 aliphatic heterocycles. The number of ether oxygens (including phenoxy) is 1. The van der Waals surface area contributed by atoms with Crippen LogP contribution in [0.3, 0.4) is 0 Å². The van der Waals surface area contributed by atoms with Crippen molar-refractivity contribution in [1.82, 2.24) is 9.88 Å². The van der Waals surface area contributed by atoms with Gasteiger partial charge >= 0.3 is 5.76 Å². The van der Waals surface area contributed by atoms with Gasteiger partial charge in [0.05, 0.1) is 17.7 Å². The maximum Gasteiger partial charge on any atom is 0.419 e. The predicted molar refractivity (Wildman–Crippen MR) is 115 cm³/mol. The van der Waals surface area contributed by atoms with Gasteiger partial charge < -0.3 is 20.2 Å². The van der Waals surface area contributed by atoms with E-state index >= 15 is 0 Å². The third-order valence-electron chi connectivity index (χ3n) is 5.66. The number of nitrogens with zero attached hydrogens (tertiary/aromatic N) is 2. The van der Waals surface area contributed by atoms with Crippen LogP contribution in [0.4, 0.5) is 0 Å². The fourth-order valence-corrected chi connectivity index (χ4v) is 3.83. The van der Waals surface area contributed by atoms with E-state index in [2.05, 4.69) is 11.4 Å². The Hall–Kier alpha value is -3.41. The number of aryl methyl sites for hydroxylation is 1. The topological polar surface area (TPSA) is 123 Å². The Labute approximate surface area is 179 Å². The maximum atomic E-state index is 12.4. The van der Waals surface area contributed by atoms with Crippen LogP contribution in [0.2, 0.25) is 0 Å². The van der Waals surface area contributed by atoms with Crippen molar-refractivity contribution in [2.24, 2.45) is 12.8 Å². The molecule has 0 aliphatic carbocycles. The molecule has 3 atom stereocenters. The lowest BCUT2D eigenvalue weighted by atomic mass is 10.0. The van der Waals surface area contributed by atoms with Gasteiger partial charge in [-0.3, -0.25) is 9.36 Å². The summed E-state index contributed by atoms with van der Waals surface area (Å²) < 4.78 is 12.1. The Morgan fingerprint density at radius 3 is 2.71 bits per heavy atom. The van der Waals surface area contributed by atoms with Gasteiger partial charge in [-0.05, 0) is 41.7 Å². The first-order chi connectivity index (χ1) is 15.0. The highest BCUT2D eigenvalue weighted by Crippen LogP contribution is 2.24. The van der Waals surface area contributed by atoms with Crippen LogP contribution in [0.15, 0.2) is 51.7 Å². The lowest BCUT2D eigenvalue weighted by molar-refractivity contribution is -0.125. The molecule has 1 aromatic heterocycles. The maximum absolute atomic E-state index is 12.4. The predicted octanol–water partition coefficient (Wildman–Crippen LogP) is 1.86. The summed E-state index contributed by atoms with van der Waals surface area (Å²) in [4.78, 5) is 24.0. The van der Waals surface area contributed by atoms with Crippen LogP contribution in [0.1, 0.15) is 18.4 Å². The van der Waals surface area contributed by atoms with E-state index in [-0.39, 0.29) is 12.0 Å². The van der Waals surface area contributed by atoms with Gasteiger partial charge in [-0.2, -0.15) is 5.26 Å². The average Bonchev–Trinajstić information content (AvgIpc) is 3.42. The van der Waals surface area contributed by atoms with E-state index in [1.54, 1.807) is 13.1 Å². The third-order valence-corrected chi connectivity index (χ3v) is 5.66. The number of nitrogens with two attached hydrogens (primary N) is 1.